The van der Waals surface area contributed by atoms with Gasteiger partial charge in [-0.15, -0.1) is 0 Å². The van der Waals surface area contributed by atoms with Crippen LogP contribution < -0.4 is 5.32 Å². The molecule has 21 heavy (non-hydrogen) atoms. The van der Waals surface area contributed by atoms with Crippen molar-refractivity contribution in [2.75, 3.05) is 5.32 Å². The van der Waals surface area contributed by atoms with Gasteiger partial charge in [-0.3, -0.25) is 14.4 Å². The Balaban J connectivity index is 2.08. The maximum absolute atomic E-state index is 12.2. The van der Waals surface area contributed by atoms with Crippen molar-refractivity contribution in [2.24, 2.45) is 11.8 Å². The van der Waals surface area contributed by atoms with Crippen LogP contribution in [0.3, 0.4) is 0 Å². The molecule has 2 atom stereocenters. The summed E-state index contributed by atoms with van der Waals surface area (Å²) in [4.78, 5) is 34.6. The molecule has 0 aliphatic heterocycles. The van der Waals surface area contributed by atoms with E-state index in [0.29, 0.717) is 24.1 Å². The lowest BCUT2D eigenvalue weighted by molar-refractivity contribution is -0.146. The number of aliphatic carboxylic acids is 1. The number of ketones is 1. The maximum atomic E-state index is 12.2. The monoisotopic (exact) mass is 287 g/mol. The summed E-state index contributed by atoms with van der Waals surface area (Å²) in [7, 11) is 0. The number of carboxylic acid groups (broad SMARTS) is 1. The lowest BCUT2D eigenvalue weighted by Crippen LogP contribution is -2.34. The number of nitrogens with one attached hydrogen (secondary N) is 1. The molecule has 0 bridgehead atoms. The number of carboxylic acids is 1. The second kappa shape index (κ2) is 6.35. The molecule has 0 saturated carbocycles. The Morgan fingerprint density at radius 1 is 1.05 bits per heavy atom. The Labute approximate surface area is 122 Å². The van der Waals surface area contributed by atoms with Crippen molar-refractivity contribution in [3.05, 3.63) is 42.0 Å². The average Bonchev–Trinajstić information content (AvgIpc) is 2.47. The highest BCUT2D eigenvalue weighted by Crippen LogP contribution is 2.27. The third-order valence-electron chi connectivity index (χ3n) is 3.65. The molecule has 0 aromatic heterocycles. The van der Waals surface area contributed by atoms with E-state index in [1.165, 1.54) is 6.92 Å². The number of carbonyl (C=O) groups is 3. The van der Waals surface area contributed by atoms with Crippen molar-refractivity contribution in [3.63, 3.8) is 0 Å². The number of Topliss-reactive ketones (excluding diaryl/α,β-unsaturated/α-hetero) is 1. The Kier molecular flexibility index (Phi) is 4.52. The topological polar surface area (TPSA) is 83.5 Å². The number of amides is 1. The summed E-state index contributed by atoms with van der Waals surface area (Å²) in [6.07, 6.45) is 4.43. The second-order valence-electron chi connectivity index (χ2n) is 5.12. The molecule has 0 heterocycles. The molecule has 5 heteroatoms. The quantitative estimate of drug-likeness (QED) is 0.658. The van der Waals surface area contributed by atoms with Gasteiger partial charge in [0.05, 0.1) is 11.8 Å². The molecule has 1 aromatic rings. The number of anilines is 1. The standard InChI is InChI=1S/C16H17NO4/c1-10(18)11-6-8-12(9-7-11)17-15(19)13-4-2-3-5-14(13)16(20)21/h2-3,6-9,13-14H,4-5H2,1H3,(H,17,19)(H,20,21)/t13-,14-/m0/s1. The second-order valence-corrected chi connectivity index (χ2v) is 5.12. The fourth-order valence-electron chi connectivity index (χ4n) is 2.40. The van der Waals surface area contributed by atoms with E-state index in [4.69, 9.17) is 5.11 Å². The van der Waals surface area contributed by atoms with Gasteiger partial charge >= 0.3 is 5.97 Å². The highest BCUT2D eigenvalue weighted by Gasteiger charge is 2.33. The smallest absolute Gasteiger partial charge is 0.307 e. The van der Waals surface area contributed by atoms with Crippen LogP contribution in [0.2, 0.25) is 0 Å². The Morgan fingerprint density at radius 3 is 2.14 bits per heavy atom. The molecule has 0 radical (unpaired) electrons. The van der Waals surface area contributed by atoms with E-state index in [0.717, 1.165) is 0 Å². The minimum Gasteiger partial charge on any atom is -0.481 e. The van der Waals surface area contributed by atoms with Gasteiger partial charge in [-0.05, 0) is 44.0 Å². The number of carbonyl (C=O) groups excluding carboxylic acids is 2. The van der Waals surface area contributed by atoms with Crippen LogP contribution in [0.1, 0.15) is 30.1 Å². The van der Waals surface area contributed by atoms with E-state index in [-0.39, 0.29) is 11.7 Å². The molecule has 0 spiro atoms. The molecule has 2 N–H and O–H groups in total. The number of allylic oxidation sites excluding steroid dienone is 2. The average molecular weight is 287 g/mol. The summed E-state index contributed by atoms with van der Waals surface area (Å²) in [5.74, 6) is -2.56. The summed E-state index contributed by atoms with van der Waals surface area (Å²) in [6, 6.07) is 6.55. The zero-order valence-electron chi connectivity index (χ0n) is 11.7. The molecule has 1 amide bonds. The van der Waals surface area contributed by atoms with E-state index in [2.05, 4.69) is 5.32 Å². The van der Waals surface area contributed by atoms with Crippen LogP contribution in [0.15, 0.2) is 36.4 Å². The third-order valence-corrected chi connectivity index (χ3v) is 3.65. The number of benzene rings is 1. The van der Waals surface area contributed by atoms with E-state index < -0.39 is 17.8 Å². The lowest BCUT2D eigenvalue weighted by Gasteiger charge is -2.24. The molecule has 110 valence electrons. The van der Waals surface area contributed by atoms with Crippen LogP contribution in [-0.4, -0.2) is 22.8 Å². The molecule has 1 aromatic carbocycles. The molecular formula is C16H17NO4. The summed E-state index contributed by atoms with van der Waals surface area (Å²) in [5, 5.41) is 11.9. The van der Waals surface area contributed by atoms with Gasteiger partial charge in [0.15, 0.2) is 5.78 Å². The zero-order chi connectivity index (χ0) is 15.4. The molecular weight excluding hydrogens is 270 g/mol. The van der Waals surface area contributed by atoms with Gasteiger partial charge in [-0.2, -0.15) is 0 Å². The van der Waals surface area contributed by atoms with Gasteiger partial charge in [0, 0.05) is 11.3 Å². The summed E-state index contributed by atoms with van der Waals surface area (Å²) in [6.45, 7) is 1.47. The Bertz CT molecular complexity index is 589. The van der Waals surface area contributed by atoms with Crippen LogP contribution in [0, 0.1) is 11.8 Å². The fraction of sp³-hybridized carbons (Fsp3) is 0.312. The lowest BCUT2D eigenvalue weighted by atomic mass is 9.82. The molecule has 2 rings (SSSR count). The summed E-state index contributed by atoms with van der Waals surface area (Å²) < 4.78 is 0. The maximum Gasteiger partial charge on any atom is 0.307 e. The van der Waals surface area contributed by atoms with Crippen LogP contribution in [0.4, 0.5) is 5.69 Å². The molecule has 0 unspecified atom stereocenters. The van der Waals surface area contributed by atoms with Crippen LogP contribution in [-0.2, 0) is 9.59 Å². The first-order valence-electron chi connectivity index (χ1n) is 6.78. The fourth-order valence-corrected chi connectivity index (χ4v) is 2.40. The predicted octanol–water partition coefficient (Wildman–Crippen LogP) is 2.49. The molecule has 1 aliphatic carbocycles. The minimum absolute atomic E-state index is 0.0452. The van der Waals surface area contributed by atoms with E-state index in [1.807, 2.05) is 6.08 Å². The summed E-state index contributed by atoms with van der Waals surface area (Å²) in [5.41, 5.74) is 1.13. The Morgan fingerprint density at radius 2 is 1.62 bits per heavy atom. The van der Waals surface area contributed by atoms with Gasteiger partial charge in [-0.1, -0.05) is 12.2 Å². The van der Waals surface area contributed by atoms with E-state index >= 15 is 0 Å². The predicted molar refractivity (Wildman–Crippen MR) is 78.1 cm³/mol. The normalized spacial score (nSPS) is 20.8. The van der Waals surface area contributed by atoms with Crippen molar-refractivity contribution in [1.82, 2.24) is 0 Å². The van der Waals surface area contributed by atoms with Crippen molar-refractivity contribution in [3.8, 4) is 0 Å². The molecule has 0 saturated heterocycles. The van der Waals surface area contributed by atoms with Crippen molar-refractivity contribution >= 4 is 23.3 Å². The van der Waals surface area contributed by atoms with E-state index in [1.54, 1.807) is 30.3 Å². The SMILES string of the molecule is CC(=O)c1ccc(NC(=O)[C@H]2CC=CC[C@@H]2C(=O)O)cc1. The van der Waals surface area contributed by atoms with Gasteiger partial charge in [0.2, 0.25) is 5.91 Å². The summed E-state index contributed by atoms with van der Waals surface area (Å²) >= 11 is 0. The highest BCUT2D eigenvalue weighted by atomic mass is 16.4. The van der Waals surface area contributed by atoms with Crippen LogP contribution in [0.25, 0.3) is 0 Å². The first-order valence-corrected chi connectivity index (χ1v) is 6.78. The minimum atomic E-state index is -0.952. The third kappa shape index (κ3) is 3.56. The first kappa shape index (κ1) is 15.0. The van der Waals surface area contributed by atoms with Gasteiger partial charge in [-0.25, -0.2) is 0 Å². The van der Waals surface area contributed by atoms with Crippen molar-refractivity contribution in [1.29, 1.82) is 0 Å². The number of rotatable bonds is 4. The van der Waals surface area contributed by atoms with E-state index in [9.17, 15) is 14.4 Å². The number of hydrogen-bond donors (Lipinski definition) is 2. The Hall–Kier alpha value is -2.43. The zero-order valence-corrected chi connectivity index (χ0v) is 11.7. The molecule has 1 aliphatic rings. The first-order chi connectivity index (χ1) is 9.99. The van der Waals surface area contributed by atoms with Gasteiger partial charge in [0.1, 0.15) is 0 Å². The molecule has 0 fully saturated rings. The highest BCUT2D eigenvalue weighted by molar-refractivity contribution is 5.97. The van der Waals surface area contributed by atoms with Gasteiger partial charge < -0.3 is 10.4 Å². The van der Waals surface area contributed by atoms with Crippen LogP contribution >= 0.6 is 0 Å². The largest absolute Gasteiger partial charge is 0.481 e. The van der Waals surface area contributed by atoms with Gasteiger partial charge in [0.25, 0.3) is 0 Å². The van der Waals surface area contributed by atoms with Crippen molar-refractivity contribution in [2.45, 2.75) is 19.8 Å². The van der Waals surface area contributed by atoms with Crippen LogP contribution in [0.5, 0.6) is 0 Å². The molecule has 5 nitrogen and oxygen atoms in total. The number of hydrogen-bond acceptors (Lipinski definition) is 3. The van der Waals surface area contributed by atoms with Crippen molar-refractivity contribution < 1.29 is 19.5 Å².